The Labute approximate surface area is 198 Å². The SMILES string of the molecule is CC1=CC=CC(C)(OC(=O)C2C(C(=O)OC3(C)C=CC=C(C)C3C)C3C=CC2C3(C)C)C1C. The zero-order valence-electron chi connectivity index (χ0n) is 21.2. The third-order valence-electron chi connectivity index (χ3n) is 9.25. The molecule has 0 aromatic heterocycles. The average molecular weight is 451 g/mol. The molecule has 8 unspecified atom stereocenters. The molecule has 0 aromatic rings. The molecule has 0 aromatic carbocycles. The maximum atomic E-state index is 13.7. The number of hydrogen-bond acceptors (Lipinski definition) is 4. The molecule has 4 heteroatoms. The first-order valence-corrected chi connectivity index (χ1v) is 12.2. The van der Waals surface area contributed by atoms with Crippen LogP contribution in [-0.2, 0) is 19.1 Å². The molecule has 4 aliphatic carbocycles. The third kappa shape index (κ3) is 3.66. The predicted molar refractivity (Wildman–Crippen MR) is 130 cm³/mol. The smallest absolute Gasteiger partial charge is 0.311 e. The van der Waals surface area contributed by atoms with Crippen LogP contribution in [0.3, 0.4) is 0 Å². The summed E-state index contributed by atoms with van der Waals surface area (Å²) >= 11 is 0. The normalized spacial score (nSPS) is 42.7. The second-order valence-corrected chi connectivity index (χ2v) is 11.5. The molecule has 1 fully saturated rings. The van der Waals surface area contributed by atoms with Gasteiger partial charge in [0.25, 0.3) is 0 Å². The van der Waals surface area contributed by atoms with Crippen LogP contribution in [0.4, 0.5) is 0 Å². The summed E-state index contributed by atoms with van der Waals surface area (Å²) in [7, 11) is 0. The fraction of sp³-hybridized carbons (Fsp3) is 0.586. The summed E-state index contributed by atoms with van der Waals surface area (Å²) in [6.45, 7) is 16.5. The molecule has 0 N–H and O–H groups in total. The first-order valence-electron chi connectivity index (χ1n) is 12.2. The summed E-state index contributed by atoms with van der Waals surface area (Å²) in [5, 5.41) is 0. The second kappa shape index (κ2) is 7.85. The average Bonchev–Trinajstić information content (AvgIpc) is 3.15. The van der Waals surface area contributed by atoms with Crippen LogP contribution in [0.5, 0.6) is 0 Å². The number of rotatable bonds is 4. The van der Waals surface area contributed by atoms with E-state index in [9.17, 15) is 9.59 Å². The molecule has 4 aliphatic rings. The van der Waals surface area contributed by atoms with E-state index < -0.39 is 23.0 Å². The maximum Gasteiger partial charge on any atom is 0.311 e. The summed E-state index contributed by atoms with van der Waals surface area (Å²) in [5.41, 5.74) is 0.684. The van der Waals surface area contributed by atoms with E-state index in [1.54, 1.807) is 0 Å². The van der Waals surface area contributed by atoms with Crippen LogP contribution < -0.4 is 0 Å². The predicted octanol–water partition coefficient (Wildman–Crippen LogP) is 5.97. The van der Waals surface area contributed by atoms with Crippen LogP contribution >= 0.6 is 0 Å². The Morgan fingerprint density at radius 3 is 1.45 bits per heavy atom. The highest BCUT2D eigenvalue weighted by Gasteiger charge is 2.63. The van der Waals surface area contributed by atoms with Gasteiger partial charge in [-0.1, -0.05) is 75.3 Å². The van der Waals surface area contributed by atoms with Crippen molar-refractivity contribution in [3.05, 3.63) is 59.8 Å². The number of carbonyl (C=O) groups excluding carboxylic acids is 2. The lowest BCUT2D eigenvalue weighted by Crippen LogP contribution is -2.45. The largest absolute Gasteiger partial charge is 0.454 e. The van der Waals surface area contributed by atoms with Gasteiger partial charge in [0.1, 0.15) is 11.2 Å². The van der Waals surface area contributed by atoms with E-state index in [0.29, 0.717) is 0 Å². The zero-order valence-corrected chi connectivity index (χ0v) is 21.2. The van der Waals surface area contributed by atoms with Gasteiger partial charge >= 0.3 is 11.9 Å². The Kier molecular flexibility index (Phi) is 5.66. The Bertz CT molecular complexity index is 931. The quantitative estimate of drug-likeness (QED) is 0.391. The summed E-state index contributed by atoms with van der Waals surface area (Å²) in [6, 6.07) is 0. The molecule has 178 valence electrons. The second-order valence-electron chi connectivity index (χ2n) is 11.5. The molecule has 0 aliphatic heterocycles. The van der Waals surface area contributed by atoms with Crippen molar-refractivity contribution < 1.29 is 19.1 Å². The van der Waals surface area contributed by atoms with Gasteiger partial charge in [0.05, 0.1) is 11.8 Å². The Balaban J connectivity index is 1.61. The molecule has 0 spiro atoms. The highest BCUT2D eigenvalue weighted by atomic mass is 16.6. The van der Waals surface area contributed by atoms with Crippen LogP contribution in [0.15, 0.2) is 59.8 Å². The van der Waals surface area contributed by atoms with Crippen molar-refractivity contribution in [2.45, 2.75) is 66.6 Å². The number of allylic oxidation sites excluding steroid dienone is 6. The molecule has 4 nitrogen and oxygen atoms in total. The Hall–Kier alpha value is -2.36. The maximum absolute atomic E-state index is 13.7. The lowest BCUT2D eigenvalue weighted by atomic mass is 9.79. The molecule has 33 heavy (non-hydrogen) atoms. The molecular formula is C29H38O4. The van der Waals surface area contributed by atoms with E-state index in [4.69, 9.17) is 9.47 Å². The highest BCUT2D eigenvalue weighted by molar-refractivity contribution is 5.85. The van der Waals surface area contributed by atoms with Gasteiger partial charge in [0.15, 0.2) is 0 Å². The molecule has 2 bridgehead atoms. The van der Waals surface area contributed by atoms with Crippen LogP contribution in [0.2, 0.25) is 0 Å². The minimum Gasteiger partial charge on any atom is -0.454 e. The van der Waals surface area contributed by atoms with Gasteiger partial charge in [-0.15, -0.1) is 0 Å². The topological polar surface area (TPSA) is 52.6 Å². The number of hydrogen-bond donors (Lipinski definition) is 0. The van der Waals surface area contributed by atoms with E-state index in [-0.39, 0.29) is 41.0 Å². The van der Waals surface area contributed by atoms with E-state index >= 15 is 0 Å². The third-order valence-corrected chi connectivity index (χ3v) is 9.25. The summed E-state index contributed by atoms with van der Waals surface area (Å²) in [5.74, 6) is -1.66. The standard InChI is InChI=1S/C29H38O4/c1-17-11-9-15-28(7,19(17)3)32-25(30)23-21-13-14-22(27(21,5)6)24(23)26(31)33-29(8)16-10-12-18(2)20(29)4/h9-16,19-24H,1-8H3. The van der Waals surface area contributed by atoms with Crippen LogP contribution in [0.25, 0.3) is 0 Å². The molecule has 1 saturated carbocycles. The van der Waals surface area contributed by atoms with Crippen molar-refractivity contribution in [3.63, 3.8) is 0 Å². The molecule has 0 heterocycles. The van der Waals surface area contributed by atoms with Gasteiger partial charge in [-0.2, -0.15) is 0 Å². The van der Waals surface area contributed by atoms with Crippen LogP contribution in [-0.4, -0.2) is 23.1 Å². The first kappa shape index (κ1) is 23.8. The molecule has 0 saturated heterocycles. The number of ether oxygens (including phenoxy) is 2. The van der Waals surface area contributed by atoms with Crippen molar-refractivity contribution in [2.24, 2.45) is 40.9 Å². The van der Waals surface area contributed by atoms with Crippen molar-refractivity contribution >= 4 is 11.9 Å². The van der Waals surface area contributed by atoms with Gasteiger partial charge in [-0.05, 0) is 57.1 Å². The van der Waals surface area contributed by atoms with Crippen LogP contribution in [0.1, 0.15) is 55.4 Å². The fourth-order valence-corrected chi connectivity index (χ4v) is 6.23. The molecule has 8 atom stereocenters. The van der Waals surface area contributed by atoms with Gasteiger partial charge in [0, 0.05) is 11.8 Å². The zero-order chi connectivity index (χ0) is 24.3. The van der Waals surface area contributed by atoms with Crippen molar-refractivity contribution in [3.8, 4) is 0 Å². The first-order chi connectivity index (χ1) is 15.3. The lowest BCUT2D eigenvalue weighted by Gasteiger charge is -2.39. The van der Waals surface area contributed by atoms with Gasteiger partial charge in [-0.25, -0.2) is 0 Å². The van der Waals surface area contributed by atoms with E-state index in [1.165, 1.54) is 11.1 Å². The molecule has 0 amide bonds. The van der Waals surface area contributed by atoms with E-state index in [2.05, 4.69) is 65.8 Å². The van der Waals surface area contributed by atoms with E-state index in [0.717, 1.165) is 0 Å². The summed E-state index contributed by atoms with van der Waals surface area (Å²) in [4.78, 5) is 27.4. The number of esters is 2. The van der Waals surface area contributed by atoms with Crippen molar-refractivity contribution in [1.29, 1.82) is 0 Å². The van der Waals surface area contributed by atoms with Crippen LogP contribution in [0, 0.1) is 40.9 Å². The molecular weight excluding hydrogens is 412 g/mol. The number of fused-ring (bicyclic) bond motifs is 2. The fourth-order valence-electron chi connectivity index (χ4n) is 6.23. The minimum atomic E-state index is -0.728. The Morgan fingerprint density at radius 2 is 1.09 bits per heavy atom. The minimum absolute atomic E-state index is 0.0515. The Morgan fingerprint density at radius 1 is 0.727 bits per heavy atom. The summed E-state index contributed by atoms with van der Waals surface area (Å²) in [6.07, 6.45) is 16.1. The van der Waals surface area contributed by atoms with Crippen molar-refractivity contribution in [1.82, 2.24) is 0 Å². The monoisotopic (exact) mass is 450 g/mol. The highest BCUT2D eigenvalue weighted by Crippen LogP contribution is 2.60. The molecule has 0 radical (unpaired) electrons. The van der Waals surface area contributed by atoms with Crippen molar-refractivity contribution in [2.75, 3.05) is 0 Å². The van der Waals surface area contributed by atoms with Gasteiger partial charge in [-0.3, -0.25) is 9.59 Å². The lowest BCUT2D eigenvalue weighted by molar-refractivity contribution is -0.175. The van der Waals surface area contributed by atoms with E-state index in [1.807, 2.05) is 38.2 Å². The number of carbonyl (C=O) groups is 2. The van der Waals surface area contributed by atoms with Gasteiger partial charge < -0.3 is 9.47 Å². The molecule has 4 rings (SSSR count). The van der Waals surface area contributed by atoms with Gasteiger partial charge in [0.2, 0.25) is 0 Å². The summed E-state index contributed by atoms with van der Waals surface area (Å²) < 4.78 is 12.4.